The highest BCUT2D eigenvalue weighted by atomic mass is 19.1. The minimum Gasteiger partial charge on any atom is -0.463 e. The summed E-state index contributed by atoms with van der Waals surface area (Å²) in [5.74, 6) is -1.74. The topological polar surface area (TPSA) is 55.4 Å². The number of nitrogens with one attached hydrogen (secondary N) is 1. The lowest BCUT2D eigenvalue weighted by Gasteiger charge is -2.39. The number of benzene rings is 1. The van der Waals surface area contributed by atoms with E-state index in [4.69, 9.17) is 4.74 Å². The molecular weight excluding hydrogens is 333 g/mol. The number of halogens is 1. The largest absolute Gasteiger partial charge is 0.463 e. The molecule has 1 aliphatic carbocycles. The van der Waals surface area contributed by atoms with Crippen molar-refractivity contribution < 1.29 is 18.7 Å². The van der Waals surface area contributed by atoms with Crippen LogP contribution < -0.4 is 5.32 Å². The number of hydrogen-bond donors (Lipinski definition) is 1. The Hall–Kier alpha value is -2.43. The van der Waals surface area contributed by atoms with Crippen LogP contribution in [-0.4, -0.2) is 18.4 Å². The number of dihydropyridines is 1. The Morgan fingerprint density at radius 3 is 2.65 bits per heavy atom. The van der Waals surface area contributed by atoms with Crippen LogP contribution in [0, 0.1) is 11.2 Å². The Kier molecular flexibility index (Phi) is 4.74. The van der Waals surface area contributed by atoms with Crippen molar-refractivity contribution in [2.24, 2.45) is 5.41 Å². The van der Waals surface area contributed by atoms with Gasteiger partial charge in [-0.1, -0.05) is 32.0 Å². The van der Waals surface area contributed by atoms with Gasteiger partial charge in [0.05, 0.1) is 18.1 Å². The van der Waals surface area contributed by atoms with Gasteiger partial charge in [0, 0.05) is 29.0 Å². The molecule has 26 heavy (non-hydrogen) atoms. The second-order valence-corrected chi connectivity index (χ2v) is 7.67. The lowest BCUT2D eigenvalue weighted by atomic mass is 9.68. The molecular formula is C21H24FNO3. The van der Waals surface area contributed by atoms with Crippen LogP contribution in [0.15, 0.2) is 46.8 Å². The van der Waals surface area contributed by atoms with E-state index in [9.17, 15) is 14.0 Å². The first-order chi connectivity index (χ1) is 12.2. The van der Waals surface area contributed by atoms with Crippen molar-refractivity contribution in [1.82, 2.24) is 5.32 Å². The van der Waals surface area contributed by atoms with Crippen LogP contribution in [0.3, 0.4) is 0 Å². The van der Waals surface area contributed by atoms with Crippen LogP contribution in [0.4, 0.5) is 4.39 Å². The van der Waals surface area contributed by atoms with E-state index in [1.807, 2.05) is 13.8 Å². The van der Waals surface area contributed by atoms with Gasteiger partial charge in [0.1, 0.15) is 5.82 Å². The van der Waals surface area contributed by atoms with Crippen LogP contribution in [0.2, 0.25) is 0 Å². The second kappa shape index (κ2) is 6.71. The summed E-state index contributed by atoms with van der Waals surface area (Å²) in [4.78, 5) is 25.6. The normalized spacial score (nSPS) is 22.0. The molecule has 1 aromatic rings. The number of allylic oxidation sites excluding steroid dienone is 3. The quantitative estimate of drug-likeness (QED) is 0.831. The first-order valence-electron chi connectivity index (χ1n) is 8.90. The predicted octanol–water partition coefficient (Wildman–Crippen LogP) is 3.99. The Morgan fingerprint density at radius 2 is 2.00 bits per heavy atom. The molecule has 2 aliphatic rings. The third kappa shape index (κ3) is 3.18. The number of ketones is 1. The highest BCUT2D eigenvalue weighted by molar-refractivity contribution is 6.04. The molecule has 1 atom stereocenters. The van der Waals surface area contributed by atoms with Crippen molar-refractivity contribution in [3.05, 3.63) is 58.2 Å². The maximum absolute atomic E-state index is 14.6. The standard InChI is InChI=1S/C21H24FNO3/c1-5-26-20(25)17-12(2)23-15-10-21(3,4)11-16(24)19(15)18(17)13-8-6-7-9-14(13)22/h6-9,18,23H,5,10-11H2,1-4H3. The fourth-order valence-electron chi connectivity index (χ4n) is 3.94. The number of carbonyl (C=O) groups is 2. The molecule has 0 spiro atoms. The maximum atomic E-state index is 14.6. The number of carbonyl (C=O) groups excluding carboxylic acids is 2. The van der Waals surface area contributed by atoms with Gasteiger partial charge in [0.2, 0.25) is 0 Å². The molecule has 1 N–H and O–H groups in total. The van der Waals surface area contributed by atoms with Crippen molar-refractivity contribution in [3.63, 3.8) is 0 Å². The highest BCUT2D eigenvalue weighted by Gasteiger charge is 2.43. The molecule has 1 heterocycles. The van der Waals surface area contributed by atoms with Gasteiger partial charge in [-0.15, -0.1) is 0 Å². The summed E-state index contributed by atoms with van der Waals surface area (Å²) < 4.78 is 19.8. The molecule has 0 saturated heterocycles. The van der Waals surface area contributed by atoms with Crippen LogP contribution >= 0.6 is 0 Å². The van der Waals surface area contributed by atoms with Gasteiger partial charge < -0.3 is 10.1 Å². The van der Waals surface area contributed by atoms with Gasteiger partial charge in [-0.2, -0.15) is 0 Å². The van der Waals surface area contributed by atoms with Gasteiger partial charge in [0.15, 0.2) is 5.78 Å². The molecule has 4 nitrogen and oxygen atoms in total. The zero-order valence-corrected chi connectivity index (χ0v) is 15.6. The molecule has 0 saturated carbocycles. The summed E-state index contributed by atoms with van der Waals surface area (Å²) >= 11 is 0. The predicted molar refractivity (Wildman–Crippen MR) is 96.7 cm³/mol. The van der Waals surface area contributed by atoms with Crippen LogP contribution in [0.25, 0.3) is 0 Å². The molecule has 3 rings (SSSR count). The fraction of sp³-hybridized carbons (Fsp3) is 0.429. The SMILES string of the molecule is CCOC(=O)C1=C(C)NC2=C(C(=O)CC(C)(C)C2)C1c1ccccc1F. The minimum absolute atomic E-state index is 0.0497. The molecule has 0 radical (unpaired) electrons. The molecule has 5 heteroatoms. The molecule has 1 aliphatic heterocycles. The van der Waals surface area contributed by atoms with Gasteiger partial charge in [-0.25, -0.2) is 9.18 Å². The molecule has 1 aromatic carbocycles. The lowest BCUT2D eigenvalue weighted by Crippen LogP contribution is -2.39. The minimum atomic E-state index is -0.741. The molecule has 0 amide bonds. The van der Waals surface area contributed by atoms with E-state index in [0.717, 1.165) is 5.70 Å². The van der Waals surface area contributed by atoms with Crippen molar-refractivity contribution >= 4 is 11.8 Å². The molecule has 138 valence electrons. The van der Waals surface area contributed by atoms with E-state index in [2.05, 4.69) is 5.32 Å². The van der Waals surface area contributed by atoms with Crippen molar-refractivity contribution in [1.29, 1.82) is 0 Å². The lowest BCUT2D eigenvalue weighted by molar-refractivity contribution is -0.138. The Morgan fingerprint density at radius 1 is 1.31 bits per heavy atom. The third-order valence-corrected chi connectivity index (χ3v) is 4.95. The van der Waals surface area contributed by atoms with Gasteiger partial charge in [-0.05, 0) is 31.7 Å². The molecule has 0 bridgehead atoms. The number of ether oxygens (including phenoxy) is 1. The summed E-state index contributed by atoms with van der Waals surface area (Å²) in [5, 5.41) is 3.23. The Labute approximate surface area is 153 Å². The average molecular weight is 357 g/mol. The zero-order chi connectivity index (χ0) is 19.1. The summed E-state index contributed by atoms with van der Waals surface area (Å²) in [7, 11) is 0. The number of esters is 1. The van der Waals surface area contributed by atoms with Gasteiger partial charge in [-0.3, -0.25) is 4.79 Å². The van der Waals surface area contributed by atoms with Gasteiger partial charge >= 0.3 is 5.97 Å². The fourth-order valence-corrected chi connectivity index (χ4v) is 3.94. The van der Waals surface area contributed by atoms with Crippen molar-refractivity contribution in [2.45, 2.75) is 46.5 Å². The monoisotopic (exact) mass is 357 g/mol. The number of Topliss-reactive ketones (excluding diaryl/α,β-unsaturated/α-hetero) is 1. The summed E-state index contributed by atoms with van der Waals surface area (Å²) in [6, 6.07) is 6.31. The van der Waals surface area contributed by atoms with E-state index < -0.39 is 17.7 Å². The third-order valence-electron chi connectivity index (χ3n) is 4.95. The van der Waals surface area contributed by atoms with Gasteiger partial charge in [0.25, 0.3) is 0 Å². The Bertz CT molecular complexity index is 835. The molecule has 1 unspecified atom stereocenters. The second-order valence-electron chi connectivity index (χ2n) is 7.67. The Balaban J connectivity index is 2.21. The first-order valence-corrected chi connectivity index (χ1v) is 8.90. The molecule has 0 aromatic heterocycles. The number of hydrogen-bond acceptors (Lipinski definition) is 4. The molecule has 0 fully saturated rings. The summed E-state index contributed by atoms with van der Waals surface area (Å²) in [6.07, 6.45) is 1.04. The zero-order valence-electron chi connectivity index (χ0n) is 15.6. The summed E-state index contributed by atoms with van der Waals surface area (Å²) in [6.45, 7) is 7.78. The van der Waals surface area contributed by atoms with Crippen LogP contribution in [-0.2, 0) is 14.3 Å². The van der Waals surface area contributed by atoms with E-state index >= 15 is 0 Å². The highest BCUT2D eigenvalue weighted by Crippen LogP contribution is 2.47. The van der Waals surface area contributed by atoms with E-state index in [1.54, 1.807) is 32.0 Å². The first kappa shape index (κ1) is 18.4. The smallest absolute Gasteiger partial charge is 0.336 e. The van der Waals surface area contributed by atoms with Crippen molar-refractivity contribution in [2.75, 3.05) is 6.61 Å². The van der Waals surface area contributed by atoms with Crippen LogP contribution in [0.1, 0.15) is 52.0 Å². The summed E-state index contributed by atoms with van der Waals surface area (Å²) in [5.41, 5.74) is 2.35. The maximum Gasteiger partial charge on any atom is 0.336 e. The van der Waals surface area contributed by atoms with E-state index in [-0.39, 0.29) is 17.8 Å². The van der Waals surface area contributed by atoms with Crippen molar-refractivity contribution in [3.8, 4) is 0 Å². The van der Waals surface area contributed by atoms with Crippen LogP contribution in [0.5, 0.6) is 0 Å². The average Bonchev–Trinajstić information content (AvgIpc) is 2.53. The number of rotatable bonds is 3. The van der Waals surface area contributed by atoms with E-state index in [0.29, 0.717) is 35.2 Å². The van der Waals surface area contributed by atoms with E-state index in [1.165, 1.54) is 6.07 Å².